The van der Waals surface area contributed by atoms with Gasteiger partial charge in [0.25, 0.3) is 5.91 Å². The highest BCUT2D eigenvalue weighted by Gasteiger charge is 2.09. The molecule has 2 aromatic carbocycles. The van der Waals surface area contributed by atoms with Crippen LogP contribution in [0.3, 0.4) is 0 Å². The highest BCUT2D eigenvalue weighted by atomic mass is 16.1. The Hall–Kier alpha value is -4.00. The topological polar surface area (TPSA) is 110 Å². The van der Waals surface area contributed by atoms with Gasteiger partial charge in [-0.05, 0) is 36.4 Å². The number of carbonyl (C=O) groups is 1. The molecule has 0 radical (unpaired) electrons. The van der Waals surface area contributed by atoms with Crippen molar-refractivity contribution in [2.75, 3.05) is 5.73 Å². The second kappa shape index (κ2) is 7.71. The normalized spacial score (nSPS) is 10.6. The Morgan fingerprint density at radius 1 is 0.964 bits per heavy atom. The number of amides is 1. The van der Waals surface area contributed by atoms with Crippen LogP contribution >= 0.6 is 0 Å². The zero-order valence-electron chi connectivity index (χ0n) is 15.0. The number of nitrogens with one attached hydrogen (secondary N) is 2. The van der Waals surface area contributed by atoms with Gasteiger partial charge in [-0.2, -0.15) is 5.10 Å². The van der Waals surface area contributed by atoms with Gasteiger partial charge >= 0.3 is 0 Å². The SMILES string of the molecule is Nc1ccc(C(=O)NCc2nc(-c3ccc(-c4ccccn4)cc3)n[nH]2)cc1. The van der Waals surface area contributed by atoms with E-state index in [-0.39, 0.29) is 12.5 Å². The van der Waals surface area contributed by atoms with E-state index in [2.05, 4.69) is 25.5 Å². The van der Waals surface area contributed by atoms with E-state index < -0.39 is 0 Å². The van der Waals surface area contributed by atoms with Crippen molar-refractivity contribution in [1.29, 1.82) is 0 Å². The van der Waals surface area contributed by atoms with E-state index in [0.29, 0.717) is 22.9 Å². The van der Waals surface area contributed by atoms with Gasteiger partial charge in [-0.15, -0.1) is 0 Å². The number of pyridine rings is 1. The fraction of sp³-hybridized carbons (Fsp3) is 0.0476. The van der Waals surface area contributed by atoms with Crippen LogP contribution in [-0.2, 0) is 6.54 Å². The van der Waals surface area contributed by atoms with E-state index in [4.69, 9.17) is 5.73 Å². The number of H-pyrrole nitrogens is 1. The fourth-order valence-electron chi connectivity index (χ4n) is 2.73. The van der Waals surface area contributed by atoms with Crippen molar-refractivity contribution in [1.82, 2.24) is 25.5 Å². The third-order valence-electron chi connectivity index (χ3n) is 4.22. The number of anilines is 1. The van der Waals surface area contributed by atoms with Crippen molar-refractivity contribution in [2.24, 2.45) is 0 Å². The van der Waals surface area contributed by atoms with Crippen molar-refractivity contribution >= 4 is 11.6 Å². The van der Waals surface area contributed by atoms with Crippen LogP contribution in [-0.4, -0.2) is 26.1 Å². The van der Waals surface area contributed by atoms with Gasteiger partial charge in [-0.3, -0.25) is 14.9 Å². The largest absolute Gasteiger partial charge is 0.399 e. The Morgan fingerprint density at radius 3 is 2.43 bits per heavy atom. The van der Waals surface area contributed by atoms with Crippen molar-refractivity contribution in [2.45, 2.75) is 6.54 Å². The maximum Gasteiger partial charge on any atom is 0.251 e. The van der Waals surface area contributed by atoms with Gasteiger partial charge in [0.1, 0.15) is 5.82 Å². The average Bonchev–Trinajstić information content (AvgIpc) is 3.22. The Balaban J connectivity index is 1.41. The van der Waals surface area contributed by atoms with Crippen LogP contribution in [0, 0.1) is 0 Å². The molecule has 0 bridgehead atoms. The van der Waals surface area contributed by atoms with E-state index in [9.17, 15) is 4.79 Å². The molecule has 0 aliphatic heterocycles. The summed E-state index contributed by atoms with van der Waals surface area (Å²) in [6.45, 7) is 0.252. The Labute approximate surface area is 161 Å². The minimum Gasteiger partial charge on any atom is -0.399 e. The number of hydrogen-bond acceptors (Lipinski definition) is 5. The molecule has 0 atom stereocenters. The maximum absolute atomic E-state index is 12.2. The lowest BCUT2D eigenvalue weighted by molar-refractivity contribution is 0.0950. The smallest absolute Gasteiger partial charge is 0.251 e. The predicted octanol–water partition coefficient (Wildman–Crippen LogP) is 3.05. The highest BCUT2D eigenvalue weighted by Crippen LogP contribution is 2.21. The standard InChI is InChI=1S/C21H18N6O/c22-17-10-8-16(9-11-17)21(28)24-13-19-25-20(27-26-19)15-6-4-14(5-7-15)18-3-1-2-12-23-18/h1-12H,13,22H2,(H,24,28)(H,25,26,27). The molecule has 138 valence electrons. The first kappa shape index (κ1) is 17.4. The summed E-state index contributed by atoms with van der Waals surface area (Å²) < 4.78 is 0. The molecule has 4 rings (SSSR count). The van der Waals surface area contributed by atoms with Gasteiger partial charge in [-0.25, -0.2) is 4.98 Å². The molecule has 0 aliphatic rings. The lowest BCUT2D eigenvalue weighted by Crippen LogP contribution is -2.23. The van der Waals surface area contributed by atoms with Gasteiger partial charge < -0.3 is 11.1 Å². The molecule has 0 fully saturated rings. The Morgan fingerprint density at radius 2 is 1.71 bits per heavy atom. The second-order valence-corrected chi connectivity index (χ2v) is 6.20. The lowest BCUT2D eigenvalue weighted by atomic mass is 10.1. The van der Waals surface area contributed by atoms with E-state index in [1.165, 1.54) is 0 Å². The summed E-state index contributed by atoms with van der Waals surface area (Å²) in [5, 5.41) is 9.90. The molecule has 0 unspecified atom stereocenters. The predicted molar refractivity (Wildman–Crippen MR) is 107 cm³/mol. The van der Waals surface area contributed by atoms with Crippen LogP contribution in [0.1, 0.15) is 16.2 Å². The minimum atomic E-state index is -0.197. The van der Waals surface area contributed by atoms with Crippen LogP contribution in [0.5, 0.6) is 0 Å². The van der Waals surface area contributed by atoms with E-state index >= 15 is 0 Å². The number of nitrogens with zero attached hydrogens (tertiary/aromatic N) is 3. The summed E-state index contributed by atoms with van der Waals surface area (Å²) in [7, 11) is 0. The summed E-state index contributed by atoms with van der Waals surface area (Å²) in [5.74, 6) is 0.953. The Kier molecular flexibility index (Phi) is 4.79. The quantitative estimate of drug-likeness (QED) is 0.468. The molecule has 7 nitrogen and oxygen atoms in total. The molecular weight excluding hydrogens is 352 g/mol. The van der Waals surface area contributed by atoms with Crippen LogP contribution in [0.4, 0.5) is 5.69 Å². The van der Waals surface area contributed by atoms with Crippen LogP contribution in [0.15, 0.2) is 72.9 Å². The molecule has 0 saturated heterocycles. The number of nitrogens with two attached hydrogens (primary N) is 1. The lowest BCUT2D eigenvalue weighted by Gasteiger charge is -2.03. The Bertz CT molecular complexity index is 1070. The van der Waals surface area contributed by atoms with E-state index in [1.807, 2.05) is 42.5 Å². The molecule has 0 aliphatic carbocycles. The van der Waals surface area contributed by atoms with E-state index in [0.717, 1.165) is 16.8 Å². The van der Waals surface area contributed by atoms with Crippen molar-refractivity contribution in [3.8, 4) is 22.6 Å². The third kappa shape index (κ3) is 3.88. The van der Waals surface area contributed by atoms with Crippen LogP contribution < -0.4 is 11.1 Å². The molecule has 1 amide bonds. The summed E-state index contributed by atoms with van der Waals surface area (Å²) in [4.78, 5) is 20.9. The number of aromatic amines is 1. The summed E-state index contributed by atoms with van der Waals surface area (Å²) in [5.41, 5.74) is 9.61. The van der Waals surface area contributed by atoms with Crippen molar-refractivity contribution < 1.29 is 4.79 Å². The highest BCUT2D eigenvalue weighted by molar-refractivity contribution is 5.94. The van der Waals surface area contributed by atoms with Crippen molar-refractivity contribution in [3.05, 3.63) is 84.3 Å². The maximum atomic E-state index is 12.2. The van der Waals surface area contributed by atoms with Crippen LogP contribution in [0.2, 0.25) is 0 Å². The molecule has 2 aromatic heterocycles. The molecule has 28 heavy (non-hydrogen) atoms. The van der Waals surface area contributed by atoms with Crippen molar-refractivity contribution in [3.63, 3.8) is 0 Å². The molecule has 4 aromatic rings. The number of nitrogen functional groups attached to an aromatic ring is 1. The van der Waals surface area contributed by atoms with Crippen LogP contribution in [0.25, 0.3) is 22.6 Å². The van der Waals surface area contributed by atoms with E-state index in [1.54, 1.807) is 30.5 Å². The molecule has 7 heteroatoms. The summed E-state index contributed by atoms with van der Waals surface area (Å²) in [6.07, 6.45) is 1.77. The molecule has 2 heterocycles. The summed E-state index contributed by atoms with van der Waals surface area (Å²) >= 11 is 0. The molecule has 0 spiro atoms. The fourth-order valence-corrected chi connectivity index (χ4v) is 2.73. The zero-order chi connectivity index (χ0) is 19.3. The van der Waals surface area contributed by atoms with Gasteiger partial charge in [0.15, 0.2) is 5.82 Å². The molecule has 4 N–H and O–H groups in total. The van der Waals surface area contributed by atoms with Gasteiger partial charge in [0.2, 0.25) is 0 Å². The third-order valence-corrected chi connectivity index (χ3v) is 4.22. The monoisotopic (exact) mass is 370 g/mol. The number of rotatable bonds is 5. The first-order valence-electron chi connectivity index (χ1n) is 8.76. The first-order chi connectivity index (χ1) is 13.7. The first-order valence-corrected chi connectivity index (χ1v) is 8.76. The second-order valence-electron chi connectivity index (χ2n) is 6.20. The number of carbonyl (C=O) groups excluding carboxylic acids is 1. The number of benzene rings is 2. The number of aromatic nitrogens is 4. The number of hydrogen-bond donors (Lipinski definition) is 3. The molecular formula is C21H18N6O. The molecule has 0 saturated carbocycles. The average molecular weight is 370 g/mol. The summed E-state index contributed by atoms with van der Waals surface area (Å²) in [6, 6.07) is 20.4. The minimum absolute atomic E-state index is 0.197. The van der Waals surface area contributed by atoms with Gasteiger partial charge in [-0.1, -0.05) is 30.3 Å². The van der Waals surface area contributed by atoms with Gasteiger partial charge in [0.05, 0.1) is 12.2 Å². The van der Waals surface area contributed by atoms with Gasteiger partial charge in [0, 0.05) is 28.6 Å². The zero-order valence-corrected chi connectivity index (χ0v) is 15.0.